The van der Waals surface area contributed by atoms with Crippen molar-refractivity contribution in [3.8, 4) is 0 Å². The summed E-state index contributed by atoms with van der Waals surface area (Å²) in [5.41, 5.74) is 36.7. The summed E-state index contributed by atoms with van der Waals surface area (Å²) >= 11 is 0. The minimum absolute atomic E-state index is 0.763. The van der Waals surface area contributed by atoms with Crippen LogP contribution in [0, 0.1) is 0 Å². The highest BCUT2D eigenvalue weighted by molar-refractivity contribution is 7.46. The minimum Gasteiger partial charge on any atom is -0.479 e. The van der Waals surface area contributed by atoms with Crippen LogP contribution in [0.15, 0.2) is 0 Å². The summed E-state index contributed by atoms with van der Waals surface area (Å²) in [6.07, 6.45) is -123. The van der Waals surface area contributed by atoms with Gasteiger partial charge in [-0.25, -0.2) is 28.1 Å². The molecule has 57 atom stereocenters. The van der Waals surface area contributed by atoms with Gasteiger partial charge in [-0.1, -0.05) is 0 Å². The first-order valence-electron chi connectivity index (χ1n) is 44.0. The van der Waals surface area contributed by atoms with Crippen LogP contribution in [-0.2, 0) is 141 Å². The van der Waals surface area contributed by atoms with Crippen LogP contribution < -0.4 is 39.7 Å². The number of nitrogens with one attached hydrogen (secondary N) is 1. The molecule has 0 saturated carbocycles. The fourth-order valence-corrected chi connectivity index (χ4v) is 19.4. The van der Waals surface area contributed by atoms with Gasteiger partial charge in [0.2, 0.25) is 0 Å². The lowest BCUT2D eigenvalue weighted by atomic mass is 9.91. The molecule has 838 valence electrons. The zero-order valence-electron chi connectivity index (χ0n) is 75.0. The van der Waals surface area contributed by atoms with Gasteiger partial charge in [0.1, 0.15) is 214 Å². The standard InChI is InChI=1S/C71H126N7O63P3/c1-12-28(78-2)32(88)23(73)61(123-12)119-9-19-31(87)35(91)26(76)65(126-19)131-49-20(10-121-64-25(75)36(92)39(95)54(134-64)58(102)103)128-66(43(99)41(49)97)137-57-46(13(82)4-79)129-68(45(101)52(57)133-69-56(136-67-42(98)38(94)40(96)55(135-67)59(104)105)44(100)53(141-144(115,116)117)47(130-69)15(84)7-118-62-24(74)34(90)29(85)17(6-81)125-62)132-51-16(139-142(109,110)111)3-71(70(107)108,138-48(51)14(83)5-80)122-11-21-50(140-143(112,113)114)37(93)27(77)63(127-21)120-8-18-30(86)33(89)22(72)60(106)124-18/h12-57,60-69,78-101,106H,3-11,72-77H2,1-2H3,(H,102,103)(H,104,105)(H,107,108)(H2,109,110,111)(H2,112,113,114)(H2,115,116,117)/t12-,13+,14-,15+,16-,17-,18-,19-,20-,21-,22-,23-,24-,25-,26-,27-,28+,29-,30-,31-,32-,33-,34-,35-,36-,37-,38+,39-,40+,41-,42-,43-,44+,45+,46-,47-,48-,49-,50-,51-,52-,53+,54+,55+,56+,57-,60+,61-,62+,63-,64+,65-,66+,67+,68-,69-,71-/m1/s1. The number of carbonyl (C=O) groups is 3. The Hall–Kier alpha value is -3.34. The molecule has 11 saturated heterocycles. The molecule has 46 N–H and O–H groups in total. The largest absolute Gasteiger partial charge is 0.479 e. The van der Waals surface area contributed by atoms with Crippen LogP contribution in [0.5, 0.6) is 0 Å². The number of phosphoric acid groups is 3. The molecule has 0 unspecified atom stereocenters. The summed E-state index contributed by atoms with van der Waals surface area (Å²) in [4.78, 5) is 102. The quantitative estimate of drug-likeness (QED) is 0.0253. The van der Waals surface area contributed by atoms with E-state index >= 15 is 0 Å². The number of carboxylic acid groups (broad SMARTS) is 3. The Morgan fingerprint density at radius 3 is 1.32 bits per heavy atom. The fourth-order valence-electron chi connectivity index (χ4n) is 17.7. The maximum atomic E-state index is 14.0. The fraction of sp³-hybridized carbons (Fsp3) is 0.958. The van der Waals surface area contributed by atoms with Gasteiger partial charge in [-0.05, 0) is 14.0 Å². The Morgan fingerprint density at radius 2 is 0.764 bits per heavy atom. The Balaban J connectivity index is 1.02. The molecule has 0 radical (unpaired) electrons. The normalized spacial score (nSPS) is 48.3. The van der Waals surface area contributed by atoms with Crippen molar-refractivity contribution < 1.29 is 308 Å². The second-order valence-corrected chi connectivity index (χ2v) is 39.1. The van der Waals surface area contributed by atoms with Crippen molar-refractivity contribution in [2.75, 3.05) is 59.9 Å². The van der Waals surface area contributed by atoms with E-state index in [4.69, 9.17) is 147 Å². The van der Waals surface area contributed by atoms with Gasteiger partial charge >= 0.3 is 41.4 Å². The zero-order valence-corrected chi connectivity index (χ0v) is 77.7. The average molecular weight is 2180 g/mol. The number of aliphatic hydroxyl groups is 24. The number of likely N-dealkylation sites (N-methyl/N-ethyl adjacent to an activating group) is 1. The summed E-state index contributed by atoms with van der Waals surface area (Å²) in [5.74, 6) is -10.5. The van der Waals surface area contributed by atoms with Crippen molar-refractivity contribution in [3.63, 3.8) is 0 Å². The third-order valence-electron chi connectivity index (χ3n) is 25.6. The predicted molar refractivity (Wildman–Crippen MR) is 437 cm³/mol. The first-order valence-corrected chi connectivity index (χ1v) is 48.6. The van der Waals surface area contributed by atoms with E-state index in [1.54, 1.807) is 0 Å². The molecule has 0 aromatic heterocycles. The first-order chi connectivity index (χ1) is 67.1. The van der Waals surface area contributed by atoms with Gasteiger partial charge < -0.3 is 306 Å². The molecule has 11 fully saturated rings. The van der Waals surface area contributed by atoms with Gasteiger partial charge in [-0.15, -0.1) is 0 Å². The van der Waals surface area contributed by atoms with Gasteiger partial charge in [0.05, 0.1) is 107 Å². The lowest BCUT2D eigenvalue weighted by molar-refractivity contribution is -0.416. The molecular formula is C71H126N7O63P3. The number of aliphatic carboxylic acids is 3. The van der Waals surface area contributed by atoms with Crippen LogP contribution >= 0.6 is 23.5 Å². The van der Waals surface area contributed by atoms with E-state index in [1.165, 1.54) is 14.0 Å². The van der Waals surface area contributed by atoms with Crippen LogP contribution in [0.25, 0.3) is 0 Å². The van der Waals surface area contributed by atoms with Crippen molar-refractivity contribution in [1.29, 1.82) is 0 Å². The average Bonchev–Trinajstić information content (AvgIpc) is 0.740. The SMILES string of the molecule is CN[C@@H]1[C@H](O)[C@@H](N)[C@H](OC[C@H]2O[C@H](O[C@H]3[C@H](O)[C@@H](O)[C@H](O[C@H]4[C@H](O[C@H]5O[C@H]([C@@H](O)CO[C@H]6O[C@H](CO)[C@@H](O)[C@H](O)[C@H]6N)[C@@H](OP(=O)(O)O)[C@H](O)[C@@H]5O[C@@H]5O[C@H](C(=O)O)[C@@H](O)[C@H](O)[C@H]5O)[C@H](O)[C@@H](O[C@H]5[C@@H]([C@H](O)CO)O[C@@](OC[C@H]6O[C@@H](OC[C@H]7O[C@H](O)[C@H](N)[C@@H](O)[C@@H]7O)[C@H](N)[C@@H](O)[C@@H]6OP(=O)(O)O)(C(=O)O)C[C@H]5OP(=O)(O)O)O[C@@H]4[C@@H](O)CO)O[C@@H]3CO[C@H]3O[C@H](C(=O)O)[C@H](O)[C@H](O)[C@H]3N)[C@H](N)[C@@H](O)[C@@H]2O)O[C@@H]1C. The molecule has 70 nitrogen and oxygen atoms in total. The van der Waals surface area contributed by atoms with Gasteiger partial charge in [0.15, 0.2) is 75.1 Å². The van der Waals surface area contributed by atoms with Crippen molar-refractivity contribution >= 4 is 41.4 Å². The minimum atomic E-state index is -6.40. The van der Waals surface area contributed by atoms with Gasteiger partial charge in [0.25, 0.3) is 5.79 Å². The smallest absolute Gasteiger partial charge is 0.470 e. The van der Waals surface area contributed by atoms with E-state index in [0.29, 0.717) is 0 Å². The molecule has 0 aromatic rings. The maximum absolute atomic E-state index is 14.0. The molecule has 11 aliphatic heterocycles. The van der Waals surface area contributed by atoms with Gasteiger partial charge in [-0.3, -0.25) is 13.6 Å². The molecule has 11 aliphatic rings. The second-order valence-electron chi connectivity index (χ2n) is 35.5. The number of phosphoric ester groups is 3. The van der Waals surface area contributed by atoms with Crippen molar-refractivity contribution in [3.05, 3.63) is 0 Å². The van der Waals surface area contributed by atoms with Crippen LogP contribution in [0.4, 0.5) is 0 Å². The topological polar surface area (TPSA) is 1160 Å². The van der Waals surface area contributed by atoms with Crippen molar-refractivity contribution in [2.24, 2.45) is 34.4 Å². The highest BCUT2D eigenvalue weighted by Crippen LogP contribution is 2.50. The van der Waals surface area contributed by atoms with Crippen molar-refractivity contribution in [2.45, 2.75) is 362 Å². The van der Waals surface area contributed by atoms with E-state index in [1.807, 2.05) is 0 Å². The molecular weight excluding hydrogens is 2050 g/mol. The third-order valence-corrected chi connectivity index (χ3v) is 27.2. The van der Waals surface area contributed by atoms with E-state index in [-0.39, 0.29) is 0 Å². The van der Waals surface area contributed by atoms with Crippen molar-refractivity contribution in [1.82, 2.24) is 5.32 Å². The zero-order chi connectivity index (χ0) is 107. The first kappa shape index (κ1) is 121. The molecule has 11 heterocycles. The van der Waals surface area contributed by atoms with E-state index < -0.39 is 450 Å². The van der Waals surface area contributed by atoms with Crippen LogP contribution in [0.2, 0.25) is 0 Å². The summed E-state index contributed by atoms with van der Waals surface area (Å²) < 4.78 is 177. The van der Waals surface area contributed by atoms with Crippen LogP contribution in [-0.4, -0.2) is 594 Å². The second kappa shape index (κ2) is 50.0. The molecule has 0 spiro atoms. The maximum Gasteiger partial charge on any atom is 0.470 e. The lowest BCUT2D eigenvalue weighted by Crippen LogP contribution is -2.71. The number of ether oxygens (including phenoxy) is 21. The Labute approximate surface area is 809 Å². The summed E-state index contributed by atoms with van der Waals surface area (Å²) in [6, 6.07) is -11.6. The summed E-state index contributed by atoms with van der Waals surface area (Å²) in [6.45, 7) is -9.34. The number of hydrogen-bond donors (Lipinski definition) is 40. The molecule has 144 heavy (non-hydrogen) atoms. The number of nitrogens with two attached hydrogens (primary N) is 6. The van der Waals surface area contributed by atoms with Crippen LogP contribution in [0.3, 0.4) is 0 Å². The summed E-state index contributed by atoms with van der Waals surface area (Å²) in [7, 11) is -17.1. The van der Waals surface area contributed by atoms with E-state index in [9.17, 15) is 195 Å². The lowest BCUT2D eigenvalue weighted by Gasteiger charge is -2.53. The Morgan fingerprint density at radius 1 is 0.361 bits per heavy atom. The molecule has 0 bridgehead atoms. The monoisotopic (exact) mass is 2180 g/mol. The number of rotatable bonds is 41. The Bertz CT molecular complexity index is 4240. The van der Waals surface area contributed by atoms with Gasteiger partial charge in [0, 0.05) is 6.42 Å². The molecule has 0 aliphatic carbocycles. The molecule has 73 heteroatoms. The number of hydrogen-bond acceptors (Lipinski definition) is 61. The highest BCUT2D eigenvalue weighted by Gasteiger charge is 2.66. The highest BCUT2D eigenvalue weighted by atomic mass is 31.2. The van der Waals surface area contributed by atoms with Gasteiger partial charge in [-0.2, -0.15) is 0 Å². The third kappa shape index (κ3) is 27.4. The molecule has 11 rings (SSSR count). The number of aliphatic hydroxyl groups excluding tert-OH is 24. The molecule has 0 aromatic carbocycles. The Kier molecular flexibility index (Phi) is 42.0. The van der Waals surface area contributed by atoms with E-state index in [0.717, 1.165) is 0 Å². The summed E-state index contributed by atoms with van der Waals surface area (Å²) in [5, 5.41) is 308. The number of carboxylic acids is 3. The predicted octanol–water partition coefficient (Wildman–Crippen LogP) is -24.8. The van der Waals surface area contributed by atoms with E-state index in [2.05, 4.69) is 5.32 Å². The molecule has 0 amide bonds. The van der Waals surface area contributed by atoms with Crippen LogP contribution in [0.1, 0.15) is 13.3 Å².